The molecule has 2 heterocycles. The standard InChI is InChI=1S/C24H21BrN2O2/c1-2-28-19-13-9-17(10-14-19)24-27-22(20-5-3-4-6-23(20)29-24)15-21(26-27)16-7-11-18(25)12-8-16/h3-14,22,24H,2,15H2,1H3/t22-,24+/m1/s1. The zero-order valence-electron chi connectivity index (χ0n) is 16.1. The predicted octanol–water partition coefficient (Wildman–Crippen LogP) is 6.09. The Morgan fingerprint density at radius 2 is 1.79 bits per heavy atom. The van der Waals surface area contributed by atoms with Crippen LogP contribution in [0.2, 0.25) is 0 Å². The smallest absolute Gasteiger partial charge is 0.213 e. The molecule has 0 aromatic heterocycles. The molecule has 0 saturated heterocycles. The molecule has 5 rings (SSSR count). The lowest BCUT2D eigenvalue weighted by molar-refractivity contribution is -0.0190. The summed E-state index contributed by atoms with van der Waals surface area (Å²) < 4.78 is 13.1. The lowest BCUT2D eigenvalue weighted by Crippen LogP contribution is -2.33. The molecule has 5 heteroatoms. The van der Waals surface area contributed by atoms with E-state index in [1.165, 1.54) is 5.56 Å². The van der Waals surface area contributed by atoms with E-state index in [0.29, 0.717) is 6.61 Å². The summed E-state index contributed by atoms with van der Waals surface area (Å²) in [5.74, 6) is 1.80. The fourth-order valence-electron chi connectivity index (χ4n) is 3.97. The molecule has 0 unspecified atom stereocenters. The van der Waals surface area contributed by atoms with E-state index in [2.05, 4.69) is 69.5 Å². The van der Waals surface area contributed by atoms with Crippen molar-refractivity contribution < 1.29 is 9.47 Å². The number of nitrogens with zero attached hydrogens (tertiary/aromatic N) is 2. The van der Waals surface area contributed by atoms with Crippen LogP contribution in [0.25, 0.3) is 0 Å². The minimum Gasteiger partial charge on any atom is -0.494 e. The maximum atomic E-state index is 6.41. The van der Waals surface area contributed by atoms with Crippen LogP contribution < -0.4 is 9.47 Å². The number of hydrogen-bond donors (Lipinski definition) is 0. The fraction of sp³-hybridized carbons (Fsp3) is 0.208. The SMILES string of the molecule is CCOc1ccc([C@@H]2Oc3ccccc3[C@H]3CC(c4ccc(Br)cc4)=NN32)cc1. The summed E-state index contributed by atoms with van der Waals surface area (Å²) in [7, 11) is 0. The van der Waals surface area contributed by atoms with E-state index in [4.69, 9.17) is 14.6 Å². The molecule has 3 aromatic rings. The second kappa shape index (κ2) is 7.56. The number of benzene rings is 3. The van der Waals surface area contributed by atoms with E-state index < -0.39 is 0 Å². The van der Waals surface area contributed by atoms with Gasteiger partial charge < -0.3 is 9.47 Å². The zero-order valence-corrected chi connectivity index (χ0v) is 17.7. The summed E-state index contributed by atoms with van der Waals surface area (Å²) >= 11 is 3.51. The molecule has 4 nitrogen and oxygen atoms in total. The highest BCUT2D eigenvalue weighted by atomic mass is 79.9. The highest BCUT2D eigenvalue weighted by Gasteiger charge is 2.40. The van der Waals surface area contributed by atoms with Crippen LogP contribution in [-0.2, 0) is 0 Å². The Morgan fingerprint density at radius 1 is 1.03 bits per heavy atom. The number of hydrogen-bond acceptors (Lipinski definition) is 4. The second-order valence-corrected chi connectivity index (χ2v) is 8.08. The predicted molar refractivity (Wildman–Crippen MR) is 117 cm³/mol. The minimum atomic E-state index is -0.265. The molecule has 0 radical (unpaired) electrons. The molecule has 2 aliphatic rings. The average Bonchev–Trinajstić information content (AvgIpc) is 3.20. The first kappa shape index (κ1) is 18.3. The van der Waals surface area contributed by atoms with Gasteiger partial charge in [0.1, 0.15) is 11.5 Å². The largest absolute Gasteiger partial charge is 0.494 e. The molecular weight excluding hydrogens is 428 g/mol. The summed E-state index contributed by atoms with van der Waals surface area (Å²) in [6.07, 6.45) is 0.591. The molecule has 0 N–H and O–H groups in total. The number of ether oxygens (including phenoxy) is 2. The van der Waals surface area contributed by atoms with Crippen LogP contribution in [0.5, 0.6) is 11.5 Å². The Morgan fingerprint density at radius 3 is 2.55 bits per heavy atom. The van der Waals surface area contributed by atoms with Gasteiger partial charge in [0.25, 0.3) is 0 Å². The van der Waals surface area contributed by atoms with Crippen LogP contribution in [0.1, 0.15) is 42.3 Å². The summed E-state index contributed by atoms with van der Waals surface area (Å²) in [5.41, 5.74) is 4.48. The molecule has 0 spiro atoms. The molecular formula is C24H21BrN2O2. The first-order valence-corrected chi connectivity index (χ1v) is 10.6. The van der Waals surface area contributed by atoms with Crippen molar-refractivity contribution in [3.05, 3.63) is 94.0 Å². The monoisotopic (exact) mass is 448 g/mol. The highest BCUT2D eigenvalue weighted by Crippen LogP contribution is 2.47. The Kier molecular flexibility index (Phi) is 4.76. The highest BCUT2D eigenvalue weighted by molar-refractivity contribution is 9.10. The van der Waals surface area contributed by atoms with Gasteiger partial charge in [0.2, 0.25) is 6.23 Å². The molecule has 0 bridgehead atoms. The molecule has 29 heavy (non-hydrogen) atoms. The molecule has 2 atom stereocenters. The van der Waals surface area contributed by atoms with Gasteiger partial charge in [0, 0.05) is 22.0 Å². The Labute approximate surface area is 178 Å². The number of fused-ring (bicyclic) bond motifs is 3. The summed E-state index contributed by atoms with van der Waals surface area (Å²) in [4.78, 5) is 0. The van der Waals surface area contributed by atoms with Crippen molar-refractivity contribution in [3.8, 4) is 11.5 Å². The third kappa shape index (κ3) is 3.40. The van der Waals surface area contributed by atoms with Gasteiger partial charge in [-0.05, 0) is 55.0 Å². The normalized spacial score (nSPS) is 19.8. The van der Waals surface area contributed by atoms with Crippen LogP contribution in [0, 0.1) is 0 Å². The van der Waals surface area contributed by atoms with Crippen LogP contribution in [0.15, 0.2) is 82.4 Å². The zero-order chi connectivity index (χ0) is 19.8. The topological polar surface area (TPSA) is 34.1 Å². The number of para-hydroxylation sites is 1. The van der Waals surface area contributed by atoms with Gasteiger partial charge in [-0.25, -0.2) is 5.01 Å². The van der Waals surface area contributed by atoms with Crippen molar-refractivity contribution in [2.24, 2.45) is 5.10 Å². The Hall–Kier alpha value is -2.79. The molecule has 0 saturated carbocycles. The lowest BCUT2D eigenvalue weighted by atomic mass is 9.96. The molecule has 0 fully saturated rings. The van der Waals surface area contributed by atoms with Crippen molar-refractivity contribution in [1.29, 1.82) is 0 Å². The van der Waals surface area contributed by atoms with E-state index in [0.717, 1.165) is 39.2 Å². The third-order valence-corrected chi connectivity index (χ3v) is 5.88. The van der Waals surface area contributed by atoms with E-state index in [9.17, 15) is 0 Å². The van der Waals surface area contributed by atoms with E-state index in [-0.39, 0.29) is 12.3 Å². The fourth-order valence-corrected chi connectivity index (χ4v) is 4.23. The van der Waals surface area contributed by atoms with Crippen molar-refractivity contribution in [3.63, 3.8) is 0 Å². The van der Waals surface area contributed by atoms with Crippen molar-refractivity contribution >= 4 is 21.6 Å². The van der Waals surface area contributed by atoms with Gasteiger partial charge in [-0.3, -0.25) is 0 Å². The van der Waals surface area contributed by atoms with Crippen molar-refractivity contribution in [1.82, 2.24) is 5.01 Å². The van der Waals surface area contributed by atoms with Gasteiger partial charge in [0.05, 0.1) is 18.4 Å². The van der Waals surface area contributed by atoms with Gasteiger partial charge in [-0.1, -0.05) is 46.3 Å². The molecule has 0 aliphatic carbocycles. The maximum absolute atomic E-state index is 6.41. The maximum Gasteiger partial charge on any atom is 0.213 e. The van der Waals surface area contributed by atoms with Crippen LogP contribution in [0.4, 0.5) is 0 Å². The van der Waals surface area contributed by atoms with E-state index in [1.54, 1.807) is 0 Å². The van der Waals surface area contributed by atoms with E-state index >= 15 is 0 Å². The van der Waals surface area contributed by atoms with Crippen LogP contribution in [0.3, 0.4) is 0 Å². The first-order valence-electron chi connectivity index (χ1n) is 9.83. The third-order valence-electron chi connectivity index (χ3n) is 5.35. The molecule has 0 amide bonds. The molecule has 2 aliphatic heterocycles. The van der Waals surface area contributed by atoms with Crippen LogP contribution >= 0.6 is 15.9 Å². The van der Waals surface area contributed by atoms with E-state index in [1.807, 2.05) is 31.2 Å². The Bertz CT molecular complexity index is 1050. The lowest BCUT2D eigenvalue weighted by Gasteiger charge is -2.38. The first-order chi connectivity index (χ1) is 14.2. The van der Waals surface area contributed by atoms with Crippen molar-refractivity contribution in [2.75, 3.05) is 6.61 Å². The van der Waals surface area contributed by atoms with Gasteiger partial charge in [-0.15, -0.1) is 0 Å². The Balaban J connectivity index is 1.53. The number of hydrazone groups is 1. The molecule has 146 valence electrons. The quantitative estimate of drug-likeness (QED) is 0.484. The summed E-state index contributed by atoms with van der Waals surface area (Å²) in [6.45, 7) is 2.64. The average molecular weight is 449 g/mol. The summed E-state index contributed by atoms with van der Waals surface area (Å²) in [6, 6.07) is 24.9. The summed E-state index contributed by atoms with van der Waals surface area (Å²) in [5, 5.41) is 7.11. The van der Waals surface area contributed by atoms with Crippen LogP contribution in [-0.4, -0.2) is 17.3 Å². The second-order valence-electron chi connectivity index (χ2n) is 7.16. The van der Waals surface area contributed by atoms with Gasteiger partial charge in [-0.2, -0.15) is 5.10 Å². The van der Waals surface area contributed by atoms with Gasteiger partial charge >= 0.3 is 0 Å². The molecule has 3 aromatic carbocycles. The van der Waals surface area contributed by atoms with Gasteiger partial charge in [0.15, 0.2) is 0 Å². The van der Waals surface area contributed by atoms with Crippen molar-refractivity contribution in [2.45, 2.75) is 25.6 Å². The number of rotatable bonds is 4. The minimum absolute atomic E-state index is 0.162. The number of halogens is 1.